The Hall–Kier alpha value is -2.02. The molecule has 0 radical (unpaired) electrons. The normalized spacial score (nSPS) is 10.6. The summed E-state index contributed by atoms with van der Waals surface area (Å²) in [5.74, 6) is -3.50. The molecule has 7 heteroatoms. The summed E-state index contributed by atoms with van der Waals surface area (Å²) >= 11 is 0. The van der Waals surface area contributed by atoms with E-state index in [9.17, 15) is 18.4 Å². The average molecular weight is 313 g/mol. The zero-order valence-electron chi connectivity index (χ0n) is 12.8. The average Bonchev–Trinajstić information content (AvgIpc) is 2.50. The van der Waals surface area contributed by atoms with Crippen LogP contribution in [0.5, 0.6) is 0 Å². The summed E-state index contributed by atoms with van der Waals surface area (Å²) in [4.78, 5) is 25.4. The molecular formula is C15H21F2N3O2. The van der Waals surface area contributed by atoms with E-state index in [1.807, 2.05) is 13.8 Å². The Labute approximate surface area is 128 Å². The number of halogens is 2. The third-order valence-electron chi connectivity index (χ3n) is 3.22. The van der Waals surface area contributed by atoms with Crippen molar-refractivity contribution in [3.63, 3.8) is 0 Å². The van der Waals surface area contributed by atoms with Gasteiger partial charge in [-0.2, -0.15) is 0 Å². The molecule has 0 aliphatic heterocycles. The van der Waals surface area contributed by atoms with Crippen LogP contribution in [0.4, 0.5) is 14.5 Å². The quantitative estimate of drug-likeness (QED) is 0.595. The van der Waals surface area contributed by atoms with E-state index in [0.717, 1.165) is 31.8 Å². The fourth-order valence-corrected chi connectivity index (χ4v) is 1.89. The highest BCUT2D eigenvalue weighted by Crippen LogP contribution is 2.14. The number of benzene rings is 1. The van der Waals surface area contributed by atoms with E-state index in [2.05, 4.69) is 15.5 Å². The highest BCUT2D eigenvalue weighted by atomic mass is 19.1. The van der Waals surface area contributed by atoms with Crippen LogP contribution < -0.4 is 10.6 Å². The Balaban J connectivity index is 2.37. The van der Waals surface area contributed by atoms with Crippen LogP contribution in [0.1, 0.15) is 20.3 Å². The van der Waals surface area contributed by atoms with Crippen LogP contribution in [0.15, 0.2) is 18.2 Å². The summed E-state index contributed by atoms with van der Waals surface area (Å²) < 4.78 is 26.1. The molecule has 0 spiro atoms. The van der Waals surface area contributed by atoms with Gasteiger partial charge in [0, 0.05) is 12.6 Å². The fraction of sp³-hybridized carbons (Fsp3) is 0.467. The monoisotopic (exact) mass is 313 g/mol. The number of nitrogens with zero attached hydrogens (tertiary/aromatic N) is 1. The molecule has 0 saturated carbocycles. The van der Waals surface area contributed by atoms with Gasteiger partial charge in [0.2, 0.25) is 0 Å². The largest absolute Gasteiger partial charge is 0.348 e. The minimum Gasteiger partial charge on any atom is -0.348 e. The zero-order chi connectivity index (χ0) is 16.5. The van der Waals surface area contributed by atoms with E-state index in [-0.39, 0.29) is 5.69 Å². The predicted molar refractivity (Wildman–Crippen MR) is 80.4 cm³/mol. The lowest BCUT2D eigenvalue weighted by Crippen LogP contribution is -2.37. The molecule has 122 valence electrons. The Morgan fingerprint density at radius 3 is 2.41 bits per heavy atom. The van der Waals surface area contributed by atoms with Gasteiger partial charge in [0.25, 0.3) is 0 Å². The minimum absolute atomic E-state index is 0.232. The predicted octanol–water partition coefficient (Wildman–Crippen LogP) is 1.75. The minimum atomic E-state index is -0.978. The Bertz CT molecular complexity index is 520. The number of carbonyl (C=O) groups is 2. The SMILES string of the molecule is CCN(CC)CCCNC(=O)C(=O)Nc1ccc(F)cc1F. The van der Waals surface area contributed by atoms with Crippen molar-refractivity contribution in [1.82, 2.24) is 10.2 Å². The van der Waals surface area contributed by atoms with Crippen LogP contribution in [-0.2, 0) is 9.59 Å². The van der Waals surface area contributed by atoms with Crippen LogP contribution in [-0.4, -0.2) is 42.9 Å². The maximum absolute atomic E-state index is 13.4. The number of anilines is 1. The topological polar surface area (TPSA) is 61.4 Å². The van der Waals surface area contributed by atoms with Crippen molar-refractivity contribution in [3.05, 3.63) is 29.8 Å². The van der Waals surface area contributed by atoms with Crippen molar-refractivity contribution in [1.29, 1.82) is 0 Å². The number of hydrogen-bond donors (Lipinski definition) is 2. The van der Waals surface area contributed by atoms with Gasteiger partial charge in [-0.3, -0.25) is 9.59 Å². The number of rotatable bonds is 7. The van der Waals surface area contributed by atoms with Crippen LogP contribution in [0.3, 0.4) is 0 Å². The molecule has 2 N–H and O–H groups in total. The molecule has 1 aromatic rings. The number of nitrogens with one attached hydrogen (secondary N) is 2. The van der Waals surface area contributed by atoms with Crippen LogP contribution in [0.25, 0.3) is 0 Å². The molecule has 0 aromatic heterocycles. The summed E-state index contributed by atoms with van der Waals surface area (Å²) in [5, 5.41) is 4.57. The van der Waals surface area contributed by atoms with Crippen molar-refractivity contribution >= 4 is 17.5 Å². The fourth-order valence-electron chi connectivity index (χ4n) is 1.89. The van der Waals surface area contributed by atoms with Gasteiger partial charge in [0.05, 0.1) is 5.69 Å². The summed E-state index contributed by atoms with van der Waals surface area (Å²) in [7, 11) is 0. The highest BCUT2D eigenvalue weighted by Gasteiger charge is 2.15. The number of carbonyl (C=O) groups excluding carboxylic acids is 2. The molecule has 0 aliphatic carbocycles. The van der Waals surface area contributed by atoms with Gasteiger partial charge >= 0.3 is 11.8 Å². The molecule has 5 nitrogen and oxygen atoms in total. The Morgan fingerprint density at radius 2 is 1.82 bits per heavy atom. The van der Waals surface area contributed by atoms with Crippen molar-refractivity contribution in [3.8, 4) is 0 Å². The van der Waals surface area contributed by atoms with Gasteiger partial charge < -0.3 is 15.5 Å². The number of amides is 2. The van der Waals surface area contributed by atoms with Crippen molar-refractivity contribution in [2.45, 2.75) is 20.3 Å². The van der Waals surface area contributed by atoms with Crippen LogP contribution >= 0.6 is 0 Å². The van der Waals surface area contributed by atoms with Gasteiger partial charge in [-0.25, -0.2) is 8.78 Å². The lowest BCUT2D eigenvalue weighted by Gasteiger charge is -2.17. The first-order chi connectivity index (χ1) is 10.5. The zero-order valence-corrected chi connectivity index (χ0v) is 12.8. The molecule has 1 aromatic carbocycles. The third kappa shape index (κ3) is 5.77. The number of hydrogen-bond acceptors (Lipinski definition) is 3. The lowest BCUT2D eigenvalue weighted by atomic mass is 10.3. The Kier molecular flexibility index (Phi) is 7.45. The second-order valence-electron chi connectivity index (χ2n) is 4.71. The second kappa shape index (κ2) is 9.09. The first-order valence-corrected chi connectivity index (χ1v) is 7.24. The molecular weight excluding hydrogens is 292 g/mol. The van der Waals surface area contributed by atoms with Crippen LogP contribution in [0, 0.1) is 11.6 Å². The van der Waals surface area contributed by atoms with E-state index in [1.54, 1.807) is 0 Å². The first kappa shape index (κ1) is 18.0. The third-order valence-corrected chi connectivity index (χ3v) is 3.22. The molecule has 0 bridgehead atoms. The summed E-state index contributed by atoms with van der Waals surface area (Å²) in [6, 6.07) is 2.70. The lowest BCUT2D eigenvalue weighted by molar-refractivity contribution is -0.136. The molecule has 1 rings (SSSR count). The van der Waals surface area contributed by atoms with Gasteiger partial charge in [0.1, 0.15) is 11.6 Å². The molecule has 0 saturated heterocycles. The molecule has 0 atom stereocenters. The van der Waals surface area contributed by atoms with E-state index in [0.29, 0.717) is 19.0 Å². The maximum Gasteiger partial charge on any atom is 0.313 e. The van der Waals surface area contributed by atoms with E-state index in [1.165, 1.54) is 0 Å². The first-order valence-electron chi connectivity index (χ1n) is 7.24. The van der Waals surface area contributed by atoms with Gasteiger partial charge in [0.15, 0.2) is 0 Å². The standard InChI is InChI=1S/C15H21F2N3O2/c1-3-20(4-2)9-5-8-18-14(21)15(22)19-13-7-6-11(16)10-12(13)17/h6-7,10H,3-5,8-9H2,1-2H3,(H,18,21)(H,19,22). The Morgan fingerprint density at radius 1 is 1.14 bits per heavy atom. The van der Waals surface area contributed by atoms with E-state index < -0.39 is 23.4 Å². The molecule has 22 heavy (non-hydrogen) atoms. The molecule has 2 amide bonds. The van der Waals surface area contributed by atoms with Crippen molar-refractivity contribution in [2.24, 2.45) is 0 Å². The van der Waals surface area contributed by atoms with Gasteiger partial charge in [-0.1, -0.05) is 13.8 Å². The van der Waals surface area contributed by atoms with E-state index in [4.69, 9.17) is 0 Å². The molecule has 0 fully saturated rings. The van der Waals surface area contributed by atoms with Gasteiger partial charge in [-0.15, -0.1) is 0 Å². The molecule has 0 aliphatic rings. The van der Waals surface area contributed by atoms with E-state index >= 15 is 0 Å². The van der Waals surface area contributed by atoms with Crippen molar-refractivity contribution in [2.75, 3.05) is 31.5 Å². The molecule has 0 heterocycles. The summed E-state index contributed by atoms with van der Waals surface area (Å²) in [5.41, 5.74) is -0.232. The van der Waals surface area contributed by atoms with Crippen LogP contribution in [0.2, 0.25) is 0 Å². The summed E-state index contributed by atoms with van der Waals surface area (Å²) in [6.45, 7) is 7.12. The van der Waals surface area contributed by atoms with Gasteiger partial charge in [-0.05, 0) is 38.2 Å². The smallest absolute Gasteiger partial charge is 0.313 e. The second-order valence-corrected chi connectivity index (χ2v) is 4.71. The summed E-state index contributed by atoms with van der Waals surface area (Å²) in [6.07, 6.45) is 0.714. The maximum atomic E-state index is 13.4. The molecule has 0 unspecified atom stereocenters. The highest BCUT2D eigenvalue weighted by molar-refractivity contribution is 6.39. The van der Waals surface area contributed by atoms with Crippen molar-refractivity contribution < 1.29 is 18.4 Å².